The largest absolute Gasteiger partial charge is 0.459 e. The Morgan fingerprint density at radius 3 is 2.14 bits per heavy atom. The van der Waals surface area contributed by atoms with Crippen LogP contribution in [0, 0.1) is 11.8 Å². The fourth-order valence-corrected chi connectivity index (χ4v) is 7.03. The highest BCUT2D eigenvalue weighted by Gasteiger charge is 2.51. The number of hydrogen-bond donors (Lipinski definition) is 6. The molecule has 0 aliphatic carbocycles. The van der Waals surface area contributed by atoms with Crippen LogP contribution in [0.5, 0.6) is 0 Å². The lowest BCUT2D eigenvalue weighted by Gasteiger charge is -2.50. The van der Waals surface area contributed by atoms with Gasteiger partial charge in [-0.15, -0.1) is 0 Å². The molecule has 288 valence electrons. The van der Waals surface area contributed by atoms with E-state index in [1.807, 2.05) is 0 Å². The fourth-order valence-electron chi connectivity index (χ4n) is 7.03. The van der Waals surface area contributed by atoms with Gasteiger partial charge < -0.3 is 68.8 Å². The zero-order chi connectivity index (χ0) is 37.5. The molecule has 15 nitrogen and oxygen atoms in total. The van der Waals surface area contributed by atoms with Crippen LogP contribution < -0.4 is 0 Å². The van der Waals surface area contributed by atoms with E-state index in [-0.39, 0.29) is 19.3 Å². The molecule has 15 heteroatoms. The van der Waals surface area contributed by atoms with E-state index in [0.717, 1.165) is 0 Å². The van der Waals surface area contributed by atoms with Gasteiger partial charge in [0, 0.05) is 20.0 Å². The summed E-state index contributed by atoms with van der Waals surface area (Å²) in [6.07, 6.45) is -7.65. The number of aliphatic hydroxyl groups excluding tert-OH is 5. The maximum absolute atomic E-state index is 12.9. The molecule has 3 rings (SSSR count). The number of carbonyl (C=O) groups excluding carboxylic acids is 2. The molecule has 2 saturated heterocycles. The van der Waals surface area contributed by atoms with Crippen LogP contribution in [0.25, 0.3) is 0 Å². The van der Waals surface area contributed by atoms with Crippen molar-refractivity contribution >= 4 is 12.3 Å². The Hall–Kier alpha value is -1.86. The number of likely N-dealkylation sites (N-methyl/N-ethyl adjacent to an activating group) is 1. The molecule has 0 aromatic heterocycles. The monoisotopic (exact) mass is 717 g/mol. The van der Waals surface area contributed by atoms with Crippen molar-refractivity contribution in [1.29, 1.82) is 0 Å². The lowest BCUT2D eigenvalue weighted by atomic mass is 9.82. The number of ether oxygens (including phenoxy) is 6. The molecule has 0 spiro atoms. The molecule has 0 aromatic carbocycles. The Balaban J connectivity index is 1.96. The highest BCUT2D eigenvalue weighted by Crippen LogP contribution is 2.36. The SMILES string of the molecule is CO[C@@H]1[C@@H](O[C@@H]2O[C@H](C)[C@@H](O[C@H]3C[C@@](C)(O)[C@@H](O)[C@H](C)O3)[C@H](N(C)C)[C@H]2O)[C@@H](CC=O)C[C@@H](C)[C@@H](O)/C=C/C=C/C(O)[C@@H](C)OC(=O)C[C@H]1O. The zero-order valence-corrected chi connectivity index (χ0v) is 30.3. The molecule has 0 radical (unpaired) electrons. The molecule has 3 aliphatic rings. The van der Waals surface area contributed by atoms with Gasteiger partial charge in [0.05, 0.1) is 48.6 Å². The quantitative estimate of drug-likeness (QED) is 0.142. The summed E-state index contributed by atoms with van der Waals surface area (Å²) in [5.41, 5.74) is -1.48. The Labute approximate surface area is 294 Å². The van der Waals surface area contributed by atoms with E-state index in [4.69, 9.17) is 28.4 Å². The lowest BCUT2D eigenvalue weighted by Crippen LogP contribution is -2.65. The Kier molecular flexibility index (Phi) is 16.0. The number of methoxy groups -OCH3 is 1. The molecule has 0 bridgehead atoms. The van der Waals surface area contributed by atoms with Crippen molar-refractivity contribution in [2.75, 3.05) is 21.2 Å². The van der Waals surface area contributed by atoms with Crippen LogP contribution in [0.3, 0.4) is 0 Å². The highest BCUT2D eigenvalue weighted by atomic mass is 16.7. The van der Waals surface area contributed by atoms with Crippen LogP contribution in [0.4, 0.5) is 0 Å². The molecule has 50 heavy (non-hydrogen) atoms. The summed E-state index contributed by atoms with van der Waals surface area (Å²) in [6.45, 7) is 8.12. The third-order valence-corrected chi connectivity index (χ3v) is 10.00. The molecule has 3 heterocycles. The number of esters is 1. The minimum Gasteiger partial charge on any atom is -0.459 e. The Bertz CT molecular complexity index is 1130. The number of aldehydes is 1. The summed E-state index contributed by atoms with van der Waals surface area (Å²) >= 11 is 0. The summed E-state index contributed by atoms with van der Waals surface area (Å²) in [7, 11) is 4.79. The molecule has 0 aromatic rings. The maximum Gasteiger partial charge on any atom is 0.308 e. The van der Waals surface area contributed by atoms with Gasteiger partial charge in [-0.3, -0.25) is 4.79 Å². The normalized spacial score (nSPS) is 47.0. The minimum atomic E-state index is -1.51. The minimum absolute atomic E-state index is 0.0313. The lowest BCUT2D eigenvalue weighted by molar-refractivity contribution is -0.344. The standard InChI is InChI=1S/C35H59NO14/c1-18-15-22(13-14-37)31(32(45-8)25(40)16-26(41)46-19(2)24(39)12-10-9-11-23(18)38)50-34-29(42)28(36(6)7)30(20(3)48-34)49-27-17-35(5,44)33(43)21(4)47-27/h9-12,14,18-25,27-34,38-40,42-44H,13,15-17H2,1-8H3/b11-9+,12-10+/t18-,19-,20-,21+,22+,23+,24?,25-,27+,28-,29-,30-,31+,32+,33+,34+,35-/m1/s1. The predicted molar refractivity (Wildman–Crippen MR) is 178 cm³/mol. The Morgan fingerprint density at radius 1 is 0.920 bits per heavy atom. The number of carbonyl (C=O) groups is 2. The predicted octanol–water partition coefficient (Wildman–Crippen LogP) is -0.184. The van der Waals surface area contributed by atoms with Crippen LogP contribution in [0.15, 0.2) is 24.3 Å². The summed E-state index contributed by atoms with van der Waals surface area (Å²) in [6, 6.07) is -0.747. The first-order valence-electron chi connectivity index (χ1n) is 17.3. The number of cyclic esters (lactones) is 1. The number of rotatable bonds is 8. The van der Waals surface area contributed by atoms with Crippen LogP contribution in [0.1, 0.15) is 60.3 Å². The van der Waals surface area contributed by atoms with Gasteiger partial charge in [-0.25, -0.2) is 0 Å². The Morgan fingerprint density at radius 2 is 1.56 bits per heavy atom. The zero-order valence-electron chi connectivity index (χ0n) is 30.3. The average molecular weight is 718 g/mol. The van der Waals surface area contributed by atoms with Crippen LogP contribution in [0.2, 0.25) is 0 Å². The molecular weight excluding hydrogens is 658 g/mol. The van der Waals surface area contributed by atoms with E-state index in [1.165, 1.54) is 39.2 Å². The van der Waals surface area contributed by atoms with E-state index in [0.29, 0.717) is 6.29 Å². The topological polar surface area (TPSA) is 214 Å². The smallest absolute Gasteiger partial charge is 0.308 e. The van der Waals surface area contributed by atoms with Gasteiger partial charge in [0.25, 0.3) is 0 Å². The molecule has 3 aliphatic heterocycles. The second-order valence-corrected chi connectivity index (χ2v) is 14.4. The van der Waals surface area contributed by atoms with E-state index in [9.17, 15) is 40.2 Å². The summed E-state index contributed by atoms with van der Waals surface area (Å²) in [4.78, 5) is 26.6. The van der Waals surface area contributed by atoms with E-state index >= 15 is 0 Å². The van der Waals surface area contributed by atoms with Gasteiger partial charge in [0.15, 0.2) is 12.6 Å². The number of nitrogens with zero attached hydrogens (tertiary/aromatic N) is 1. The third-order valence-electron chi connectivity index (χ3n) is 10.00. The van der Waals surface area contributed by atoms with Crippen molar-refractivity contribution in [2.45, 2.75) is 152 Å². The van der Waals surface area contributed by atoms with E-state index in [1.54, 1.807) is 45.8 Å². The van der Waals surface area contributed by atoms with Crippen molar-refractivity contribution in [3.05, 3.63) is 24.3 Å². The van der Waals surface area contributed by atoms with Crippen molar-refractivity contribution in [3.63, 3.8) is 0 Å². The van der Waals surface area contributed by atoms with Crippen LogP contribution in [-0.4, -0.2) is 160 Å². The van der Waals surface area contributed by atoms with E-state index in [2.05, 4.69) is 0 Å². The first-order valence-corrected chi connectivity index (χ1v) is 17.3. The van der Waals surface area contributed by atoms with Gasteiger partial charge in [0.2, 0.25) is 0 Å². The van der Waals surface area contributed by atoms with Gasteiger partial charge in [0.1, 0.15) is 42.9 Å². The molecule has 17 atom stereocenters. The highest BCUT2D eigenvalue weighted by molar-refractivity contribution is 5.70. The van der Waals surface area contributed by atoms with Crippen LogP contribution in [-0.2, 0) is 38.0 Å². The van der Waals surface area contributed by atoms with Crippen LogP contribution >= 0.6 is 0 Å². The van der Waals surface area contributed by atoms with Crippen molar-refractivity contribution < 1.29 is 68.6 Å². The molecule has 6 N–H and O–H groups in total. The maximum atomic E-state index is 12.9. The second kappa shape index (κ2) is 18.8. The summed E-state index contributed by atoms with van der Waals surface area (Å²) in [5.74, 6) is -1.92. The first kappa shape index (κ1) is 42.6. The third kappa shape index (κ3) is 10.8. The number of aliphatic hydroxyl groups is 6. The molecule has 2 fully saturated rings. The van der Waals surface area contributed by atoms with Gasteiger partial charge in [-0.1, -0.05) is 31.2 Å². The van der Waals surface area contributed by atoms with Crippen molar-refractivity contribution in [2.24, 2.45) is 11.8 Å². The number of hydrogen-bond acceptors (Lipinski definition) is 15. The average Bonchev–Trinajstić information content (AvgIpc) is 3.02. The fraction of sp³-hybridized carbons (Fsp3) is 0.829. The van der Waals surface area contributed by atoms with E-state index < -0.39 is 116 Å². The molecule has 1 unspecified atom stereocenters. The van der Waals surface area contributed by atoms with Gasteiger partial charge in [-0.2, -0.15) is 0 Å². The molecule has 0 saturated carbocycles. The molecular formula is C35H59NO14. The summed E-state index contributed by atoms with van der Waals surface area (Å²) < 4.78 is 35.9. The van der Waals surface area contributed by atoms with Gasteiger partial charge >= 0.3 is 5.97 Å². The second-order valence-electron chi connectivity index (χ2n) is 14.4. The van der Waals surface area contributed by atoms with Crippen molar-refractivity contribution in [3.8, 4) is 0 Å². The van der Waals surface area contributed by atoms with Gasteiger partial charge in [-0.05, 0) is 60.0 Å². The molecule has 0 amide bonds. The first-order chi connectivity index (χ1) is 23.4. The van der Waals surface area contributed by atoms with Crippen molar-refractivity contribution in [1.82, 2.24) is 4.90 Å². The summed E-state index contributed by atoms with van der Waals surface area (Å²) in [5, 5.41) is 65.6. The number of allylic oxidation sites excluding steroid dienone is 2.